The minimum absolute atomic E-state index is 0.171. The zero-order chi connectivity index (χ0) is 9.68. The summed E-state index contributed by atoms with van der Waals surface area (Å²) in [6, 6.07) is 9.28. The highest BCUT2D eigenvalue weighted by atomic mass is 79.9. The molecule has 0 spiro atoms. The van der Waals surface area contributed by atoms with E-state index >= 15 is 0 Å². The number of carbonyl (C=O) groups is 1. The molecule has 4 heteroatoms. The van der Waals surface area contributed by atoms with E-state index in [4.69, 9.17) is 0 Å². The van der Waals surface area contributed by atoms with Crippen molar-refractivity contribution in [2.24, 2.45) is 0 Å². The van der Waals surface area contributed by atoms with E-state index < -0.39 is 0 Å². The molecule has 0 atom stereocenters. The monoisotopic (exact) mass is 303 g/mol. The van der Waals surface area contributed by atoms with Crippen LogP contribution in [0.3, 0.4) is 0 Å². The average molecular weight is 305 g/mol. The van der Waals surface area contributed by atoms with Crippen LogP contribution in [0.2, 0.25) is 0 Å². The lowest BCUT2D eigenvalue weighted by Gasteiger charge is -2.00. The number of para-hydroxylation sites is 1. The second-order valence-corrected chi connectivity index (χ2v) is 5.06. The lowest BCUT2D eigenvalue weighted by Crippen LogP contribution is -2.07. The summed E-state index contributed by atoms with van der Waals surface area (Å²) in [6.07, 6.45) is 1.41. The van der Waals surface area contributed by atoms with Gasteiger partial charge in [-0.2, -0.15) is 0 Å². The van der Waals surface area contributed by atoms with Gasteiger partial charge in [0.05, 0.1) is 3.39 Å². The number of benzene rings is 1. The molecular formula is C9H7Br2NO. The number of hydrogen-bond acceptors (Lipinski definition) is 1. The molecule has 68 valence electrons. The van der Waals surface area contributed by atoms with Crippen molar-refractivity contribution in [3.05, 3.63) is 39.8 Å². The minimum atomic E-state index is -0.171. The molecule has 0 aliphatic carbocycles. The van der Waals surface area contributed by atoms with Gasteiger partial charge in [0.25, 0.3) is 0 Å². The van der Waals surface area contributed by atoms with Crippen LogP contribution in [0.15, 0.2) is 39.8 Å². The number of hydrogen-bond donors (Lipinski definition) is 1. The summed E-state index contributed by atoms with van der Waals surface area (Å²) < 4.78 is 0.619. The van der Waals surface area contributed by atoms with Gasteiger partial charge < -0.3 is 5.32 Å². The third-order valence-electron chi connectivity index (χ3n) is 1.28. The molecule has 0 aliphatic heterocycles. The van der Waals surface area contributed by atoms with Crippen LogP contribution in [0.1, 0.15) is 0 Å². The summed E-state index contributed by atoms with van der Waals surface area (Å²) >= 11 is 6.21. The summed E-state index contributed by atoms with van der Waals surface area (Å²) in [6.45, 7) is 0. The first-order valence-corrected chi connectivity index (χ1v) is 5.16. The van der Waals surface area contributed by atoms with Crippen LogP contribution in [0.4, 0.5) is 5.69 Å². The Labute approximate surface area is 93.3 Å². The molecule has 1 aromatic carbocycles. The zero-order valence-corrected chi connectivity index (χ0v) is 9.80. The Morgan fingerprint density at radius 1 is 1.23 bits per heavy atom. The van der Waals surface area contributed by atoms with E-state index in [1.165, 1.54) is 6.08 Å². The third-order valence-corrected chi connectivity index (χ3v) is 1.74. The van der Waals surface area contributed by atoms with Gasteiger partial charge in [0.1, 0.15) is 0 Å². The van der Waals surface area contributed by atoms with Gasteiger partial charge in [-0.05, 0) is 44.0 Å². The predicted octanol–water partition coefficient (Wildman–Crippen LogP) is 3.26. The topological polar surface area (TPSA) is 29.1 Å². The molecule has 0 saturated carbocycles. The van der Waals surface area contributed by atoms with Crippen LogP contribution in [-0.4, -0.2) is 5.91 Å². The van der Waals surface area contributed by atoms with Gasteiger partial charge in [-0.25, -0.2) is 0 Å². The smallest absolute Gasteiger partial charge is 0.250 e. The summed E-state index contributed by atoms with van der Waals surface area (Å²) in [7, 11) is 0. The highest BCUT2D eigenvalue weighted by molar-refractivity contribution is 9.28. The van der Waals surface area contributed by atoms with Crippen molar-refractivity contribution >= 4 is 43.5 Å². The molecule has 0 unspecified atom stereocenters. The molecule has 0 saturated heterocycles. The van der Waals surface area contributed by atoms with E-state index in [9.17, 15) is 4.79 Å². The Bertz CT molecular complexity index is 318. The van der Waals surface area contributed by atoms with E-state index in [-0.39, 0.29) is 5.91 Å². The number of rotatable bonds is 2. The van der Waals surface area contributed by atoms with Crippen LogP contribution in [-0.2, 0) is 4.79 Å². The van der Waals surface area contributed by atoms with Crippen molar-refractivity contribution in [3.63, 3.8) is 0 Å². The summed E-state index contributed by atoms with van der Waals surface area (Å²) in [5, 5.41) is 2.70. The van der Waals surface area contributed by atoms with Crippen molar-refractivity contribution in [3.8, 4) is 0 Å². The number of carbonyl (C=O) groups excluding carboxylic acids is 1. The van der Waals surface area contributed by atoms with Crippen molar-refractivity contribution in [1.29, 1.82) is 0 Å². The fourth-order valence-corrected chi connectivity index (χ4v) is 1.21. The average Bonchev–Trinajstić information content (AvgIpc) is 2.04. The Hall–Kier alpha value is -0.610. The highest BCUT2D eigenvalue weighted by Gasteiger charge is 1.97. The fourth-order valence-electron chi connectivity index (χ4n) is 0.799. The van der Waals surface area contributed by atoms with Crippen LogP contribution in [0.5, 0.6) is 0 Å². The number of anilines is 1. The second kappa shape index (κ2) is 5.19. The first kappa shape index (κ1) is 10.5. The maximum atomic E-state index is 11.2. The SMILES string of the molecule is O=C(C=C(Br)Br)Nc1ccccc1. The van der Waals surface area contributed by atoms with Crippen LogP contribution in [0, 0.1) is 0 Å². The zero-order valence-electron chi connectivity index (χ0n) is 6.63. The summed E-state index contributed by atoms with van der Waals surface area (Å²) in [4.78, 5) is 11.2. The fraction of sp³-hybridized carbons (Fsp3) is 0. The Balaban J connectivity index is 2.61. The molecule has 1 N–H and O–H groups in total. The summed E-state index contributed by atoms with van der Waals surface area (Å²) in [5.41, 5.74) is 0.782. The van der Waals surface area contributed by atoms with E-state index in [0.717, 1.165) is 5.69 Å². The van der Waals surface area contributed by atoms with E-state index in [0.29, 0.717) is 3.39 Å². The molecular weight excluding hydrogens is 298 g/mol. The van der Waals surface area contributed by atoms with E-state index in [1.54, 1.807) is 0 Å². The number of nitrogens with one attached hydrogen (secondary N) is 1. The largest absolute Gasteiger partial charge is 0.322 e. The van der Waals surface area contributed by atoms with Crippen molar-refractivity contribution < 1.29 is 4.79 Å². The Morgan fingerprint density at radius 2 is 1.85 bits per heavy atom. The molecule has 13 heavy (non-hydrogen) atoms. The number of halogens is 2. The molecule has 1 rings (SSSR count). The standard InChI is InChI=1S/C9H7Br2NO/c10-8(11)6-9(13)12-7-4-2-1-3-5-7/h1-6H,(H,12,13). The van der Waals surface area contributed by atoms with Gasteiger partial charge in [-0.1, -0.05) is 18.2 Å². The molecule has 2 nitrogen and oxygen atoms in total. The van der Waals surface area contributed by atoms with Gasteiger partial charge in [-0.3, -0.25) is 4.79 Å². The third kappa shape index (κ3) is 4.24. The van der Waals surface area contributed by atoms with Gasteiger partial charge >= 0.3 is 0 Å². The van der Waals surface area contributed by atoms with Crippen LogP contribution in [0.25, 0.3) is 0 Å². The first-order valence-electron chi connectivity index (χ1n) is 3.57. The first-order chi connectivity index (χ1) is 6.18. The molecule has 0 aromatic heterocycles. The van der Waals surface area contributed by atoms with Crippen LogP contribution < -0.4 is 5.32 Å². The second-order valence-electron chi connectivity index (χ2n) is 2.29. The van der Waals surface area contributed by atoms with Crippen molar-refractivity contribution in [2.45, 2.75) is 0 Å². The molecule has 1 amide bonds. The quantitative estimate of drug-likeness (QED) is 0.835. The number of amides is 1. The molecule has 0 bridgehead atoms. The molecule has 0 fully saturated rings. The predicted molar refractivity (Wildman–Crippen MR) is 61.0 cm³/mol. The molecule has 0 radical (unpaired) electrons. The lowest BCUT2D eigenvalue weighted by atomic mass is 10.3. The van der Waals surface area contributed by atoms with Gasteiger partial charge in [0.15, 0.2) is 0 Å². The van der Waals surface area contributed by atoms with E-state index in [2.05, 4.69) is 37.2 Å². The van der Waals surface area contributed by atoms with Crippen molar-refractivity contribution in [2.75, 3.05) is 5.32 Å². The molecule has 1 aromatic rings. The molecule has 0 heterocycles. The normalized spacial score (nSPS) is 9.08. The maximum Gasteiger partial charge on any atom is 0.250 e. The maximum absolute atomic E-state index is 11.2. The molecule has 0 aliphatic rings. The van der Waals surface area contributed by atoms with Gasteiger partial charge in [0, 0.05) is 11.8 Å². The van der Waals surface area contributed by atoms with E-state index in [1.807, 2.05) is 30.3 Å². The van der Waals surface area contributed by atoms with Gasteiger partial charge in [0.2, 0.25) is 5.91 Å². The van der Waals surface area contributed by atoms with Crippen LogP contribution >= 0.6 is 31.9 Å². The Morgan fingerprint density at radius 3 is 2.38 bits per heavy atom. The minimum Gasteiger partial charge on any atom is -0.322 e. The summed E-state index contributed by atoms with van der Waals surface area (Å²) in [5.74, 6) is -0.171. The van der Waals surface area contributed by atoms with Gasteiger partial charge in [-0.15, -0.1) is 0 Å². The van der Waals surface area contributed by atoms with Crippen molar-refractivity contribution in [1.82, 2.24) is 0 Å². The highest BCUT2D eigenvalue weighted by Crippen LogP contribution is 2.13. The Kier molecular flexibility index (Phi) is 4.18. The lowest BCUT2D eigenvalue weighted by molar-refractivity contribution is -0.111.